The van der Waals surface area contributed by atoms with Crippen LogP contribution in [0.3, 0.4) is 0 Å². The Bertz CT molecular complexity index is 581. The molecule has 1 aromatic rings. The van der Waals surface area contributed by atoms with Gasteiger partial charge in [0, 0.05) is 33.2 Å². The Morgan fingerprint density at radius 3 is 2.36 bits per heavy atom. The lowest BCUT2D eigenvalue weighted by Crippen LogP contribution is -2.46. The first-order valence-electron chi connectivity index (χ1n) is 9.83. The number of aliphatic imine (C=N–C) groups is 1. The van der Waals surface area contributed by atoms with Crippen molar-refractivity contribution in [2.24, 2.45) is 10.4 Å². The molecule has 0 radical (unpaired) electrons. The third-order valence-corrected chi connectivity index (χ3v) is 4.84. The van der Waals surface area contributed by atoms with Gasteiger partial charge in [0.15, 0.2) is 5.96 Å². The maximum Gasteiger partial charge on any atom is 0.191 e. The Labute approximate surface area is 187 Å². The summed E-state index contributed by atoms with van der Waals surface area (Å²) >= 11 is 0. The molecule has 0 aliphatic carbocycles. The number of ether oxygens (including phenoxy) is 2. The molecule has 1 saturated heterocycles. The van der Waals surface area contributed by atoms with Crippen molar-refractivity contribution in [1.29, 1.82) is 0 Å². The van der Waals surface area contributed by atoms with Gasteiger partial charge in [-0.25, -0.2) is 0 Å². The van der Waals surface area contributed by atoms with Gasteiger partial charge in [-0.3, -0.25) is 9.89 Å². The molecule has 6 nitrogen and oxygen atoms in total. The van der Waals surface area contributed by atoms with E-state index in [2.05, 4.69) is 53.4 Å². The molecule has 1 aromatic carbocycles. The Morgan fingerprint density at radius 2 is 1.82 bits per heavy atom. The van der Waals surface area contributed by atoms with Crippen molar-refractivity contribution in [3.05, 3.63) is 29.8 Å². The highest BCUT2D eigenvalue weighted by atomic mass is 127. The second kappa shape index (κ2) is 12.5. The molecule has 1 fully saturated rings. The molecule has 0 amide bonds. The summed E-state index contributed by atoms with van der Waals surface area (Å²) in [6, 6.07) is 8.62. The van der Waals surface area contributed by atoms with E-state index in [9.17, 15) is 0 Å². The number of halogens is 1. The number of nitrogens with zero attached hydrogens (tertiary/aromatic N) is 2. The molecule has 2 rings (SSSR count). The van der Waals surface area contributed by atoms with Gasteiger partial charge in [-0.1, -0.05) is 32.9 Å². The Balaban J connectivity index is 0.00000392. The number of benzene rings is 1. The number of morpholine rings is 1. The van der Waals surface area contributed by atoms with Crippen LogP contribution in [0.2, 0.25) is 0 Å². The Kier molecular flexibility index (Phi) is 11.1. The van der Waals surface area contributed by atoms with E-state index >= 15 is 0 Å². The zero-order chi connectivity index (χ0) is 19.7. The normalized spacial score (nSPS) is 16.8. The van der Waals surface area contributed by atoms with Crippen molar-refractivity contribution in [2.75, 3.05) is 53.6 Å². The van der Waals surface area contributed by atoms with Crippen LogP contribution in [-0.2, 0) is 4.74 Å². The van der Waals surface area contributed by atoms with Crippen molar-refractivity contribution in [2.45, 2.75) is 33.2 Å². The van der Waals surface area contributed by atoms with Gasteiger partial charge in [0.25, 0.3) is 0 Å². The van der Waals surface area contributed by atoms with Gasteiger partial charge < -0.3 is 20.1 Å². The van der Waals surface area contributed by atoms with E-state index in [-0.39, 0.29) is 30.0 Å². The topological polar surface area (TPSA) is 58.1 Å². The first kappa shape index (κ1) is 25.0. The number of hydrogen-bond acceptors (Lipinski definition) is 4. The van der Waals surface area contributed by atoms with Gasteiger partial charge in [-0.05, 0) is 29.5 Å². The fraction of sp³-hybridized carbons (Fsp3) is 0.667. The predicted molar refractivity (Wildman–Crippen MR) is 127 cm³/mol. The SMILES string of the molecule is CN=C(NCCC(C)(C)C)NCC(c1ccc(OC)cc1)N1CCOCC1.I. The highest BCUT2D eigenvalue weighted by Crippen LogP contribution is 2.23. The van der Waals surface area contributed by atoms with Crippen LogP contribution in [0.5, 0.6) is 5.75 Å². The average molecular weight is 504 g/mol. The fourth-order valence-corrected chi connectivity index (χ4v) is 3.14. The van der Waals surface area contributed by atoms with Gasteiger partial charge in [0.2, 0.25) is 0 Å². The summed E-state index contributed by atoms with van der Waals surface area (Å²) in [4.78, 5) is 6.85. The number of rotatable bonds is 7. The van der Waals surface area contributed by atoms with Gasteiger partial charge >= 0.3 is 0 Å². The molecule has 1 heterocycles. The van der Waals surface area contributed by atoms with Gasteiger partial charge in [-0.2, -0.15) is 0 Å². The number of nitrogens with one attached hydrogen (secondary N) is 2. The summed E-state index contributed by atoms with van der Waals surface area (Å²) in [5.74, 6) is 1.73. The van der Waals surface area contributed by atoms with Crippen LogP contribution < -0.4 is 15.4 Å². The fourth-order valence-electron chi connectivity index (χ4n) is 3.14. The molecule has 1 unspecified atom stereocenters. The van der Waals surface area contributed by atoms with Crippen LogP contribution in [0.25, 0.3) is 0 Å². The highest BCUT2D eigenvalue weighted by molar-refractivity contribution is 14.0. The molecule has 1 atom stereocenters. The molecular formula is C21H37IN4O2. The van der Waals surface area contributed by atoms with Crippen LogP contribution in [0.1, 0.15) is 38.8 Å². The summed E-state index contributed by atoms with van der Waals surface area (Å²) in [5, 5.41) is 6.93. The molecule has 160 valence electrons. The van der Waals surface area contributed by atoms with Crippen LogP contribution in [-0.4, -0.2) is 64.4 Å². The van der Waals surface area contributed by atoms with E-state index in [1.54, 1.807) is 7.11 Å². The van der Waals surface area contributed by atoms with Crippen LogP contribution in [0.15, 0.2) is 29.3 Å². The van der Waals surface area contributed by atoms with E-state index in [4.69, 9.17) is 9.47 Å². The van der Waals surface area contributed by atoms with Crippen molar-refractivity contribution in [3.63, 3.8) is 0 Å². The van der Waals surface area contributed by atoms with Crippen molar-refractivity contribution >= 4 is 29.9 Å². The maximum atomic E-state index is 5.54. The third kappa shape index (κ3) is 8.53. The average Bonchev–Trinajstić information content (AvgIpc) is 2.67. The third-order valence-electron chi connectivity index (χ3n) is 4.84. The van der Waals surface area contributed by atoms with E-state index in [0.29, 0.717) is 5.41 Å². The molecule has 0 bridgehead atoms. The lowest BCUT2D eigenvalue weighted by molar-refractivity contribution is 0.0170. The summed E-state index contributed by atoms with van der Waals surface area (Å²) in [7, 11) is 3.52. The van der Waals surface area contributed by atoms with E-state index in [0.717, 1.165) is 57.5 Å². The van der Waals surface area contributed by atoms with Crippen molar-refractivity contribution in [1.82, 2.24) is 15.5 Å². The minimum Gasteiger partial charge on any atom is -0.497 e. The second-order valence-electron chi connectivity index (χ2n) is 8.13. The first-order chi connectivity index (χ1) is 12.9. The Morgan fingerprint density at radius 1 is 1.18 bits per heavy atom. The molecular weight excluding hydrogens is 467 g/mol. The smallest absolute Gasteiger partial charge is 0.191 e. The molecule has 0 spiro atoms. The van der Waals surface area contributed by atoms with Crippen molar-refractivity contribution in [3.8, 4) is 5.75 Å². The monoisotopic (exact) mass is 504 g/mol. The number of guanidine groups is 1. The molecule has 1 aliphatic rings. The summed E-state index contributed by atoms with van der Waals surface area (Å²) in [6.45, 7) is 11.9. The second-order valence-corrected chi connectivity index (χ2v) is 8.13. The zero-order valence-corrected chi connectivity index (χ0v) is 20.3. The summed E-state index contributed by atoms with van der Waals surface area (Å²) in [5.41, 5.74) is 1.58. The maximum absolute atomic E-state index is 5.54. The van der Waals surface area contributed by atoms with Gasteiger partial charge in [0.1, 0.15) is 5.75 Å². The highest BCUT2D eigenvalue weighted by Gasteiger charge is 2.23. The minimum absolute atomic E-state index is 0. The van der Waals surface area contributed by atoms with E-state index in [1.807, 2.05) is 19.2 Å². The molecule has 7 heteroatoms. The summed E-state index contributed by atoms with van der Waals surface area (Å²) in [6.07, 6.45) is 1.10. The molecule has 0 saturated carbocycles. The van der Waals surface area contributed by atoms with Crippen LogP contribution in [0, 0.1) is 5.41 Å². The van der Waals surface area contributed by atoms with Gasteiger partial charge in [-0.15, -0.1) is 24.0 Å². The van der Waals surface area contributed by atoms with E-state index in [1.165, 1.54) is 5.56 Å². The number of hydrogen-bond donors (Lipinski definition) is 2. The number of methoxy groups -OCH3 is 1. The minimum atomic E-state index is 0. The quantitative estimate of drug-likeness (QED) is 0.339. The summed E-state index contributed by atoms with van der Waals surface area (Å²) < 4.78 is 10.8. The molecule has 0 aromatic heterocycles. The molecule has 2 N–H and O–H groups in total. The van der Waals surface area contributed by atoms with Gasteiger partial charge in [0.05, 0.1) is 26.4 Å². The molecule has 28 heavy (non-hydrogen) atoms. The van der Waals surface area contributed by atoms with Crippen molar-refractivity contribution < 1.29 is 9.47 Å². The standard InChI is InChI=1S/C21H36N4O2.HI/c1-21(2,3)10-11-23-20(22-4)24-16-19(25-12-14-27-15-13-25)17-6-8-18(26-5)9-7-17;/h6-9,19H,10-16H2,1-5H3,(H2,22,23,24);1H. The van der Waals surface area contributed by atoms with Crippen LogP contribution >= 0.6 is 24.0 Å². The first-order valence-corrected chi connectivity index (χ1v) is 9.83. The lowest BCUT2D eigenvalue weighted by Gasteiger charge is -2.35. The largest absolute Gasteiger partial charge is 0.497 e. The Hall–Kier alpha value is -1.06. The molecule has 1 aliphatic heterocycles. The van der Waals surface area contributed by atoms with Crippen LogP contribution in [0.4, 0.5) is 0 Å². The predicted octanol–water partition coefficient (Wildman–Crippen LogP) is 3.29. The lowest BCUT2D eigenvalue weighted by atomic mass is 9.92. The zero-order valence-electron chi connectivity index (χ0n) is 18.0. The van der Waals surface area contributed by atoms with E-state index < -0.39 is 0 Å².